The Hall–Kier alpha value is -2.05. The van der Waals surface area contributed by atoms with Gasteiger partial charge in [0.15, 0.2) is 5.69 Å². The Morgan fingerprint density at radius 3 is 2.81 bits per heavy atom. The average Bonchev–Trinajstić information content (AvgIpc) is 2.41. The first kappa shape index (κ1) is 15.3. The summed E-state index contributed by atoms with van der Waals surface area (Å²) in [7, 11) is 0. The van der Waals surface area contributed by atoms with E-state index in [1.165, 1.54) is 0 Å². The summed E-state index contributed by atoms with van der Waals surface area (Å²) in [5.74, 6) is -0.594. The third-order valence-electron chi connectivity index (χ3n) is 2.41. The van der Waals surface area contributed by atoms with Gasteiger partial charge >= 0.3 is 5.97 Å². The molecule has 0 radical (unpaired) electrons. The summed E-state index contributed by atoms with van der Waals surface area (Å²) in [6.45, 7) is 1.86. The van der Waals surface area contributed by atoms with Crippen LogP contribution in [-0.2, 0) is 4.74 Å². The molecular formula is C13H11Cl2N3O3. The summed E-state index contributed by atoms with van der Waals surface area (Å²) in [5.41, 5.74) is -0.0842. The minimum Gasteiger partial charge on any atom is -0.461 e. The summed E-state index contributed by atoms with van der Waals surface area (Å²) < 4.78 is 4.80. The van der Waals surface area contributed by atoms with Gasteiger partial charge in [-0.1, -0.05) is 23.2 Å². The van der Waals surface area contributed by atoms with E-state index in [1.54, 1.807) is 25.1 Å². The number of aromatic nitrogens is 2. The number of nitrogens with one attached hydrogen (secondary N) is 2. The van der Waals surface area contributed by atoms with Crippen molar-refractivity contribution in [2.45, 2.75) is 6.92 Å². The lowest BCUT2D eigenvalue weighted by molar-refractivity contribution is 0.0519. The zero-order chi connectivity index (χ0) is 15.4. The maximum Gasteiger partial charge on any atom is 0.357 e. The molecule has 21 heavy (non-hydrogen) atoms. The number of ether oxygens (including phenoxy) is 1. The van der Waals surface area contributed by atoms with Crippen LogP contribution in [0.15, 0.2) is 29.1 Å². The minimum atomic E-state index is -0.672. The van der Waals surface area contributed by atoms with Crippen molar-refractivity contribution in [2.24, 2.45) is 0 Å². The average molecular weight is 328 g/mol. The largest absolute Gasteiger partial charge is 0.461 e. The van der Waals surface area contributed by atoms with Crippen LogP contribution in [0.1, 0.15) is 17.4 Å². The zero-order valence-electron chi connectivity index (χ0n) is 10.9. The van der Waals surface area contributed by atoms with Crippen LogP contribution < -0.4 is 10.9 Å². The van der Waals surface area contributed by atoms with E-state index in [-0.39, 0.29) is 18.2 Å². The van der Waals surface area contributed by atoms with Crippen molar-refractivity contribution in [1.82, 2.24) is 9.97 Å². The molecule has 0 fully saturated rings. The third kappa shape index (κ3) is 3.96. The first-order valence-electron chi connectivity index (χ1n) is 6.00. The van der Waals surface area contributed by atoms with E-state index in [4.69, 9.17) is 27.9 Å². The van der Waals surface area contributed by atoms with E-state index < -0.39 is 11.5 Å². The number of aromatic amines is 1. The molecule has 2 N–H and O–H groups in total. The van der Waals surface area contributed by atoms with Crippen molar-refractivity contribution in [3.8, 4) is 0 Å². The number of hydrogen-bond acceptors (Lipinski definition) is 5. The molecule has 2 rings (SSSR count). The van der Waals surface area contributed by atoms with Gasteiger partial charge in [-0.25, -0.2) is 9.78 Å². The fourth-order valence-corrected chi connectivity index (χ4v) is 2.00. The van der Waals surface area contributed by atoms with Gasteiger partial charge < -0.3 is 10.1 Å². The van der Waals surface area contributed by atoms with Crippen LogP contribution in [0.5, 0.6) is 0 Å². The second-order valence-corrected chi connectivity index (χ2v) is 4.79. The molecule has 2 aromatic rings. The van der Waals surface area contributed by atoms with Crippen LogP contribution in [-0.4, -0.2) is 22.5 Å². The molecule has 0 aliphatic carbocycles. The molecular weight excluding hydrogens is 317 g/mol. The van der Waals surface area contributed by atoms with Crippen LogP contribution in [0.25, 0.3) is 0 Å². The quantitative estimate of drug-likeness (QED) is 0.843. The van der Waals surface area contributed by atoms with E-state index in [9.17, 15) is 9.59 Å². The van der Waals surface area contributed by atoms with E-state index >= 15 is 0 Å². The molecule has 0 bridgehead atoms. The first-order chi connectivity index (χ1) is 9.99. The van der Waals surface area contributed by atoms with E-state index in [1.807, 2.05) is 0 Å². The Bertz CT molecular complexity index is 731. The standard InChI is InChI=1S/C13H11Cl2N3O3/c1-2-21-12(20)10-6-11(19)18-13(17-10)16-9-4-3-7(14)5-8(9)15/h3-6H,2H2,1H3,(H2,16,17,18,19). The highest BCUT2D eigenvalue weighted by molar-refractivity contribution is 6.36. The summed E-state index contributed by atoms with van der Waals surface area (Å²) >= 11 is 11.8. The molecule has 0 unspecified atom stereocenters. The number of anilines is 2. The molecule has 6 nitrogen and oxygen atoms in total. The van der Waals surface area contributed by atoms with E-state index in [0.717, 1.165) is 6.07 Å². The van der Waals surface area contributed by atoms with Crippen molar-refractivity contribution in [3.63, 3.8) is 0 Å². The summed E-state index contributed by atoms with van der Waals surface area (Å²) in [4.78, 5) is 29.6. The monoisotopic (exact) mass is 327 g/mol. The van der Waals surface area contributed by atoms with Gasteiger partial charge in [0, 0.05) is 11.1 Å². The van der Waals surface area contributed by atoms with E-state index in [2.05, 4.69) is 15.3 Å². The highest BCUT2D eigenvalue weighted by Gasteiger charge is 2.12. The second-order valence-electron chi connectivity index (χ2n) is 3.95. The molecule has 0 amide bonds. The Morgan fingerprint density at radius 1 is 1.38 bits per heavy atom. The van der Waals surface area contributed by atoms with Crippen molar-refractivity contribution < 1.29 is 9.53 Å². The predicted octanol–water partition coefficient (Wildman–Crippen LogP) is 3.00. The molecule has 0 saturated carbocycles. The Labute approximate surface area is 130 Å². The molecule has 110 valence electrons. The lowest BCUT2D eigenvalue weighted by Gasteiger charge is -2.08. The van der Waals surface area contributed by atoms with Gasteiger partial charge in [-0.2, -0.15) is 0 Å². The van der Waals surface area contributed by atoms with Crippen LogP contribution in [0.3, 0.4) is 0 Å². The highest BCUT2D eigenvalue weighted by atomic mass is 35.5. The van der Waals surface area contributed by atoms with Crippen molar-refractivity contribution >= 4 is 40.8 Å². The zero-order valence-corrected chi connectivity index (χ0v) is 12.5. The van der Waals surface area contributed by atoms with Crippen LogP contribution >= 0.6 is 23.2 Å². The van der Waals surface area contributed by atoms with Gasteiger partial charge in [-0.3, -0.25) is 9.78 Å². The van der Waals surface area contributed by atoms with Gasteiger partial charge in [0.2, 0.25) is 5.95 Å². The SMILES string of the molecule is CCOC(=O)c1cc(=O)[nH]c(Nc2ccc(Cl)cc2Cl)n1. The van der Waals surface area contributed by atoms with Gasteiger partial charge in [0.25, 0.3) is 5.56 Å². The minimum absolute atomic E-state index is 0.0785. The first-order valence-corrected chi connectivity index (χ1v) is 6.75. The number of hydrogen-bond donors (Lipinski definition) is 2. The van der Waals surface area contributed by atoms with Gasteiger partial charge in [0.1, 0.15) is 0 Å². The molecule has 0 saturated heterocycles. The number of rotatable bonds is 4. The fourth-order valence-electron chi connectivity index (χ4n) is 1.54. The number of H-pyrrole nitrogens is 1. The smallest absolute Gasteiger partial charge is 0.357 e. The summed E-state index contributed by atoms with van der Waals surface area (Å²) in [6.07, 6.45) is 0. The van der Waals surface area contributed by atoms with Gasteiger partial charge in [0.05, 0.1) is 17.3 Å². The van der Waals surface area contributed by atoms with Gasteiger partial charge in [-0.05, 0) is 25.1 Å². The fraction of sp³-hybridized carbons (Fsp3) is 0.154. The maximum absolute atomic E-state index is 11.6. The summed E-state index contributed by atoms with van der Waals surface area (Å²) in [5, 5.41) is 3.64. The van der Waals surface area contributed by atoms with Crippen LogP contribution in [0, 0.1) is 0 Å². The topological polar surface area (TPSA) is 84.1 Å². The number of halogens is 2. The molecule has 8 heteroatoms. The Morgan fingerprint density at radius 2 is 2.14 bits per heavy atom. The van der Waals surface area contributed by atoms with Crippen molar-refractivity contribution in [1.29, 1.82) is 0 Å². The number of carbonyl (C=O) groups is 1. The molecule has 0 atom stereocenters. The van der Waals surface area contributed by atoms with Gasteiger partial charge in [-0.15, -0.1) is 0 Å². The maximum atomic E-state index is 11.6. The second kappa shape index (κ2) is 6.60. The van der Waals surface area contributed by atoms with Crippen molar-refractivity contribution in [3.05, 3.63) is 50.4 Å². The molecule has 0 spiro atoms. The number of esters is 1. The molecule has 1 aromatic heterocycles. The number of benzene rings is 1. The number of carbonyl (C=O) groups excluding carboxylic acids is 1. The van der Waals surface area contributed by atoms with E-state index in [0.29, 0.717) is 15.7 Å². The van der Waals surface area contributed by atoms with Crippen molar-refractivity contribution in [2.75, 3.05) is 11.9 Å². The van der Waals surface area contributed by atoms with Crippen LogP contribution in [0.2, 0.25) is 10.0 Å². The third-order valence-corrected chi connectivity index (χ3v) is 2.96. The summed E-state index contributed by atoms with van der Waals surface area (Å²) in [6, 6.07) is 5.86. The predicted molar refractivity (Wildman–Crippen MR) is 80.6 cm³/mol. The molecule has 0 aliphatic rings. The lowest BCUT2D eigenvalue weighted by Crippen LogP contribution is -2.16. The van der Waals surface area contributed by atoms with Crippen LogP contribution in [0.4, 0.5) is 11.6 Å². The molecule has 1 aromatic carbocycles. The highest BCUT2D eigenvalue weighted by Crippen LogP contribution is 2.26. The lowest BCUT2D eigenvalue weighted by atomic mass is 10.3. The molecule has 1 heterocycles. The molecule has 0 aliphatic heterocycles. The normalized spacial score (nSPS) is 10.2. The number of nitrogens with zero attached hydrogens (tertiary/aromatic N) is 1. The Kier molecular flexibility index (Phi) is 4.82. The Balaban J connectivity index is 2.32.